The lowest BCUT2D eigenvalue weighted by atomic mass is 9.96. The Bertz CT molecular complexity index is 838. The highest BCUT2D eigenvalue weighted by Crippen LogP contribution is 2.23. The number of esters is 1. The van der Waals surface area contributed by atoms with Gasteiger partial charge in [0.15, 0.2) is 0 Å². The second-order valence-electron chi connectivity index (χ2n) is 6.60. The van der Waals surface area contributed by atoms with Crippen LogP contribution in [-0.2, 0) is 16.1 Å². The minimum absolute atomic E-state index is 0.0972. The molecule has 0 atom stereocenters. The molecule has 6 nitrogen and oxygen atoms in total. The van der Waals surface area contributed by atoms with Gasteiger partial charge in [-0.15, -0.1) is 0 Å². The summed E-state index contributed by atoms with van der Waals surface area (Å²) in [6.45, 7) is 4.24. The van der Waals surface area contributed by atoms with Crippen LogP contribution < -0.4 is 0 Å². The summed E-state index contributed by atoms with van der Waals surface area (Å²) in [5, 5.41) is 3.81. The van der Waals surface area contributed by atoms with Gasteiger partial charge in [-0.1, -0.05) is 5.16 Å². The lowest BCUT2D eigenvalue weighted by molar-refractivity contribution is -0.151. The lowest BCUT2D eigenvalue weighted by Gasteiger charge is -2.31. The summed E-state index contributed by atoms with van der Waals surface area (Å²) in [7, 11) is 0. The molecular formula is C19H20F2N2O4. The van der Waals surface area contributed by atoms with Crippen LogP contribution in [0.15, 0.2) is 22.7 Å². The predicted molar refractivity (Wildman–Crippen MR) is 90.8 cm³/mol. The van der Waals surface area contributed by atoms with Crippen molar-refractivity contribution in [2.75, 3.05) is 13.1 Å². The molecule has 1 saturated heterocycles. The van der Waals surface area contributed by atoms with E-state index in [4.69, 9.17) is 9.26 Å². The van der Waals surface area contributed by atoms with Crippen molar-refractivity contribution in [3.05, 3.63) is 52.4 Å². The van der Waals surface area contributed by atoms with Crippen molar-refractivity contribution in [1.82, 2.24) is 10.1 Å². The fraction of sp³-hybridized carbons (Fsp3) is 0.421. The number of hydrogen-bond donors (Lipinski definition) is 0. The van der Waals surface area contributed by atoms with E-state index in [1.807, 2.05) is 0 Å². The Morgan fingerprint density at radius 1 is 1.26 bits per heavy atom. The monoisotopic (exact) mass is 378 g/mol. The number of aromatic nitrogens is 1. The minimum Gasteiger partial charge on any atom is -0.460 e. The Labute approximate surface area is 155 Å². The summed E-state index contributed by atoms with van der Waals surface area (Å²) in [6.07, 6.45) is 0.851. The first-order valence-corrected chi connectivity index (χ1v) is 8.69. The Morgan fingerprint density at radius 2 is 1.96 bits per heavy atom. The van der Waals surface area contributed by atoms with Crippen LogP contribution in [0.2, 0.25) is 0 Å². The van der Waals surface area contributed by atoms with Crippen molar-refractivity contribution in [2.24, 2.45) is 5.92 Å². The third kappa shape index (κ3) is 4.15. The number of benzene rings is 1. The second-order valence-corrected chi connectivity index (χ2v) is 6.60. The van der Waals surface area contributed by atoms with Crippen LogP contribution in [0.1, 0.15) is 40.2 Å². The normalized spacial score (nSPS) is 15.0. The molecule has 1 aromatic carbocycles. The predicted octanol–water partition coefficient (Wildman–Crippen LogP) is 3.17. The third-order valence-corrected chi connectivity index (χ3v) is 4.82. The first kappa shape index (κ1) is 19.0. The molecule has 8 heteroatoms. The largest absolute Gasteiger partial charge is 0.460 e. The van der Waals surface area contributed by atoms with Crippen LogP contribution in [0.3, 0.4) is 0 Å². The Morgan fingerprint density at radius 3 is 2.56 bits per heavy atom. The van der Waals surface area contributed by atoms with Crippen molar-refractivity contribution in [2.45, 2.75) is 33.3 Å². The van der Waals surface area contributed by atoms with Crippen molar-refractivity contribution in [1.29, 1.82) is 0 Å². The topological polar surface area (TPSA) is 72.6 Å². The molecule has 1 aliphatic heterocycles. The van der Waals surface area contributed by atoms with Gasteiger partial charge in [0.25, 0.3) is 5.91 Å². The highest BCUT2D eigenvalue weighted by molar-refractivity contribution is 5.94. The van der Waals surface area contributed by atoms with Gasteiger partial charge in [-0.3, -0.25) is 9.59 Å². The number of likely N-dealkylation sites (tertiary alicyclic amines) is 1. The first-order chi connectivity index (χ1) is 12.9. The fourth-order valence-corrected chi connectivity index (χ4v) is 3.12. The Hall–Kier alpha value is -2.77. The molecule has 0 unspecified atom stereocenters. The standard InChI is InChI=1S/C19H20F2N2O4/c1-11-16(12(2)27-22-11)10-26-19(25)13-5-7-23(8-6-13)18(24)15-4-3-14(20)9-17(15)21/h3-4,9,13H,5-8,10H2,1-2H3. The van der Waals surface area contributed by atoms with E-state index in [0.29, 0.717) is 43.5 Å². The molecule has 3 rings (SSSR count). The number of rotatable bonds is 4. The molecule has 27 heavy (non-hydrogen) atoms. The molecule has 1 amide bonds. The maximum Gasteiger partial charge on any atom is 0.309 e. The number of amides is 1. The molecule has 2 aromatic rings. The Kier molecular flexibility index (Phi) is 5.53. The van der Waals surface area contributed by atoms with Gasteiger partial charge in [0.1, 0.15) is 24.0 Å². The average Bonchev–Trinajstić information content (AvgIpc) is 2.97. The van der Waals surface area contributed by atoms with Gasteiger partial charge in [-0.2, -0.15) is 0 Å². The highest BCUT2D eigenvalue weighted by Gasteiger charge is 2.30. The summed E-state index contributed by atoms with van der Waals surface area (Å²) in [5.74, 6) is -2.18. The quantitative estimate of drug-likeness (QED) is 0.764. The second kappa shape index (κ2) is 7.85. The highest BCUT2D eigenvalue weighted by atomic mass is 19.1. The van der Waals surface area contributed by atoms with E-state index >= 15 is 0 Å². The molecule has 0 radical (unpaired) electrons. The first-order valence-electron chi connectivity index (χ1n) is 8.69. The molecule has 0 saturated carbocycles. The van der Waals surface area contributed by atoms with Crippen LogP contribution in [0.25, 0.3) is 0 Å². The summed E-state index contributed by atoms with van der Waals surface area (Å²) >= 11 is 0. The SMILES string of the molecule is Cc1noc(C)c1COC(=O)C1CCN(C(=O)c2ccc(F)cc2F)CC1. The Balaban J connectivity index is 1.53. The van der Waals surface area contributed by atoms with E-state index in [1.54, 1.807) is 13.8 Å². The minimum atomic E-state index is -0.888. The van der Waals surface area contributed by atoms with Crippen LogP contribution >= 0.6 is 0 Å². The molecule has 0 N–H and O–H groups in total. The van der Waals surface area contributed by atoms with Crippen LogP contribution in [-0.4, -0.2) is 35.0 Å². The van der Waals surface area contributed by atoms with Gasteiger partial charge in [0, 0.05) is 19.2 Å². The molecule has 0 spiro atoms. The average molecular weight is 378 g/mol. The number of halogens is 2. The van der Waals surface area contributed by atoms with Gasteiger partial charge in [0.2, 0.25) is 0 Å². The third-order valence-electron chi connectivity index (χ3n) is 4.82. The van der Waals surface area contributed by atoms with E-state index in [9.17, 15) is 18.4 Å². The molecule has 1 aromatic heterocycles. The number of nitrogens with zero attached hydrogens (tertiary/aromatic N) is 2. The molecule has 144 valence electrons. The van der Waals surface area contributed by atoms with Crippen molar-refractivity contribution in [3.8, 4) is 0 Å². The van der Waals surface area contributed by atoms with Gasteiger partial charge < -0.3 is 14.2 Å². The lowest BCUT2D eigenvalue weighted by Crippen LogP contribution is -2.41. The van der Waals surface area contributed by atoms with Crippen LogP contribution in [0.5, 0.6) is 0 Å². The summed E-state index contributed by atoms with van der Waals surface area (Å²) in [6, 6.07) is 2.87. The number of carbonyl (C=O) groups is 2. The fourth-order valence-electron chi connectivity index (χ4n) is 3.12. The van der Waals surface area contributed by atoms with E-state index in [2.05, 4.69) is 5.16 Å². The molecule has 0 bridgehead atoms. The summed E-state index contributed by atoms with van der Waals surface area (Å²) in [5.41, 5.74) is 1.26. The van der Waals surface area contributed by atoms with Crippen molar-refractivity contribution in [3.63, 3.8) is 0 Å². The molecule has 2 heterocycles. The number of piperidine rings is 1. The number of carbonyl (C=O) groups excluding carboxylic acids is 2. The molecule has 1 fully saturated rings. The smallest absolute Gasteiger partial charge is 0.309 e. The molecule has 0 aliphatic carbocycles. The summed E-state index contributed by atoms with van der Waals surface area (Å²) in [4.78, 5) is 26.1. The van der Waals surface area contributed by atoms with Gasteiger partial charge >= 0.3 is 5.97 Å². The number of ether oxygens (including phenoxy) is 1. The number of hydrogen-bond acceptors (Lipinski definition) is 5. The van der Waals surface area contributed by atoms with Gasteiger partial charge in [0.05, 0.1) is 22.7 Å². The zero-order valence-corrected chi connectivity index (χ0v) is 15.1. The summed E-state index contributed by atoms with van der Waals surface area (Å²) < 4.78 is 37.2. The maximum absolute atomic E-state index is 13.8. The molecule has 1 aliphatic rings. The zero-order valence-electron chi connectivity index (χ0n) is 15.1. The number of aryl methyl sites for hydroxylation is 2. The van der Waals surface area contributed by atoms with Crippen molar-refractivity contribution < 1.29 is 27.6 Å². The van der Waals surface area contributed by atoms with E-state index in [0.717, 1.165) is 17.7 Å². The van der Waals surface area contributed by atoms with Crippen molar-refractivity contribution >= 4 is 11.9 Å². The van der Waals surface area contributed by atoms with Crippen LogP contribution in [0, 0.1) is 31.4 Å². The van der Waals surface area contributed by atoms with Crippen LogP contribution in [0.4, 0.5) is 8.78 Å². The van der Waals surface area contributed by atoms with Gasteiger partial charge in [-0.25, -0.2) is 8.78 Å². The van der Waals surface area contributed by atoms with E-state index < -0.39 is 17.5 Å². The van der Waals surface area contributed by atoms with E-state index in [1.165, 1.54) is 4.90 Å². The maximum atomic E-state index is 13.8. The van der Waals surface area contributed by atoms with E-state index in [-0.39, 0.29) is 24.1 Å². The van der Waals surface area contributed by atoms with Gasteiger partial charge in [-0.05, 0) is 38.8 Å². The molecular weight excluding hydrogens is 358 g/mol. The zero-order chi connectivity index (χ0) is 19.6.